The van der Waals surface area contributed by atoms with E-state index >= 15 is 0 Å². The zero-order chi connectivity index (χ0) is 21.3. The highest BCUT2D eigenvalue weighted by atomic mass is 32.1. The van der Waals surface area contributed by atoms with Crippen LogP contribution in [0.25, 0.3) is 31.9 Å². The number of unbranched alkanes of at least 4 members (excludes halogenated alkanes) is 1. The van der Waals surface area contributed by atoms with E-state index in [1.165, 1.54) is 57.1 Å². The Balaban J connectivity index is 1.05. The van der Waals surface area contributed by atoms with Gasteiger partial charge < -0.3 is 9.47 Å². The summed E-state index contributed by atoms with van der Waals surface area (Å²) < 4.78 is 8.54. The number of para-hydroxylation sites is 2. The maximum Gasteiger partial charge on any atom is 0.150 e. The molecule has 0 aliphatic carbocycles. The molecule has 5 heteroatoms. The van der Waals surface area contributed by atoms with Crippen LogP contribution in [0.4, 0.5) is 5.82 Å². The SMILES string of the molecule is c1ccc2c(N3CCN(CCCCn4c5ccccc5c5ccccc54)CC3)nsc2c1. The molecular formula is C27H28N4S. The molecule has 1 aliphatic heterocycles. The number of aryl methyl sites for hydroxylation is 1. The van der Waals surface area contributed by atoms with Gasteiger partial charge in [-0.15, -0.1) is 0 Å². The molecule has 4 nitrogen and oxygen atoms in total. The van der Waals surface area contributed by atoms with E-state index in [1.807, 2.05) is 0 Å². The molecular weight excluding hydrogens is 412 g/mol. The lowest BCUT2D eigenvalue weighted by Gasteiger charge is -2.35. The summed E-state index contributed by atoms with van der Waals surface area (Å²) in [5, 5.41) is 4.04. The summed E-state index contributed by atoms with van der Waals surface area (Å²) >= 11 is 1.62. The molecule has 0 saturated carbocycles. The summed E-state index contributed by atoms with van der Waals surface area (Å²) in [6.45, 7) is 6.66. The van der Waals surface area contributed by atoms with Crippen molar-refractivity contribution in [3.05, 3.63) is 72.8 Å². The Morgan fingerprint density at radius 1 is 0.656 bits per heavy atom. The molecule has 0 amide bonds. The van der Waals surface area contributed by atoms with Gasteiger partial charge in [0.2, 0.25) is 0 Å². The second kappa shape index (κ2) is 8.57. The van der Waals surface area contributed by atoms with Gasteiger partial charge in [-0.05, 0) is 55.2 Å². The molecule has 0 radical (unpaired) electrons. The van der Waals surface area contributed by atoms with Crippen LogP contribution in [0.15, 0.2) is 72.8 Å². The normalized spacial score (nSPS) is 15.3. The molecule has 32 heavy (non-hydrogen) atoms. The smallest absolute Gasteiger partial charge is 0.150 e. The first-order valence-electron chi connectivity index (χ1n) is 11.7. The molecule has 1 saturated heterocycles. The van der Waals surface area contributed by atoms with Crippen molar-refractivity contribution in [3.63, 3.8) is 0 Å². The molecule has 5 aromatic rings. The Labute approximate surface area is 192 Å². The third kappa shape index (κ3) is 3.55. The van der Waals surface area contributed by atoms with Crippen molar-refractivity contribution < 1.29 is 0 Å². The highest BCUT2D eigenvalue weighted by Crippen LogP contribution is 2.30. The fourth-order valence-corrected chi connectivity index (χ4v) is 5.93. The summed E-state index contributed by atoms with van der Waals surface area (Å²) in [6.07, 6.45) is 2.44. The van der Waals surface area contributed by atoms with E-state index in [1.54, 1.807) is 11.5 Å². The minimum Gasteiger partial charge on any atom is -0.353 e. The first kappa shape index (κ1) is 19.8. The lowest BCUT2D eigenvalue weighted by atomic mass is 10.2. The second-order valence-corrected chi connectivity index (χ2v) is 9.53. The fourth-order valence-electron chi connectivity index (χ4n) is 5.13. The molecule has 0 unspecified atom stereocenters. The van der Waals surface area contributed by atoms with Crippen molar-refractivity contribution in [1.82, 2.24) is 13.8 Å². The first-order valence-corrected chi connectivity index (χ1v) is 12.4. The average molecular weight is 441 g/mol. The number of benzene rings is 3. The zero-order valence-corrected chi connectivity index (χ0v) is 19.1. The number of aromatic nitrogens is 2. The molecule has 1 aliphatic rings. The third-order valence-corrected chi connectivity index (χ3v) is 7.63. The van der Waals surface area contributed by atoms with Gasteiger partial charge in [-0.1, -0.05) is 48.5 Å². The fraction of sp³-hybridized carbons (Fsp3) is 0.296. The molecule has 0 bridgehead atoms. The Morgan fingerprint density at radius 2 is 1.25 bits per heavy atom. The van der Waals surface area contributed by atoms with E-state index in [0.29, 0.717) is 0 Å². The Bertz CT molecular complexity index is 1310. The van der Waals surface area contributed by atoms with Crippen molar-refractivity contribution in [2.24, 2.45) is 0 Å². The summed E-state index contributed by atoms with van der Waals surface area (Å²) in [7, 11) is 0. The summed E-state index contributed by atoms with van der Waals surface area (Å²) in [5.41, 5.74) is 2.72. The average Bonchev–Trinajstić information content (AvgIpc) is 3.42. The molecule has 162 valence electrons. The lowest BCUT2D eigenvalue weighted by Crippen LogP contribution is -2.46. The molecule has 1 fully saturated rings. The van der Waals surface area contributed by atoms with Crippen LogP contribution in [0.3, 0.4) is 0 Å². The monoisotopic (exact) mass is 440 g/mol. The Hall–Kier alpha value is -2.89. The predicted molar refractivity (Wildman–Crippen MR) is 137 cm³/mol. The molecule has 0 spiro atoms. The van der Waals surface area contributed by atoms with Crippen molar-refractivity contribution in [2.45, 2.75) is 19.4 Å². The quantitative estimate of drug-likeness (QED) is 0.302. The summed E-state index contributed by atoms with van der Waals surface area (Å²) in [4.78, 5) is 5.09. The second-order valence-electron chi connectivity index (χ2n) is 8.72. The van der Waals surface area contributed by atoms with Gasteiger partial charge in [0.05, 0.1) is 4.70 Å². The van der Waals surface area contributed by atoms with Gasteiger partial charge in [0, 0.05) is 59.9 Å². The highest BCUT2D eigenvalue weighted by molar-refractivity contribution is 7.13. The number of anilines is 1. The van der Waals surface area contributed by atoms with Crippen LogP contribution in [0.5, 0.6) is 0 Å². The van der Waals surface area contributed by atoms with E-state index in [4.69, 9.17) is 4.37 Å². The van der Waals surface area contributed by atoms with Crippen LogP contribution in [0, 0.1) is 0 Å². The van der Waals surface area contributed by atoms with Crippen LogP contribution >= 0.6 is 11.5 Å². The largest absolute Gasteiger partial charge is 0.353 e. The lowest BCUT2D eigenvalue weighted by molar-refractivity contribution is 0.251. The van der Waals surface area contributed by atoms with E-state index in [0.717, 1.165) is 32.7 Å². The topological polar surface area (TPSA) is 24.3 Å². The Morgan fingerprint density at radius 3 is 1.97 bits per heavy atom. The van der Waals surface area contributed by atoms with Gasteiger partial charge in [-0.3, -0.25) is 4.90 Å². The molecule has 6 rings (SSSR count). The molecule has 0 N–H and O–H groups in total. The first-order chi connectivity index (χ1) is 15.9. The van der Waals surface area contributed by atoms with Crippen molar-refractivity contribution in [2.75, 3.05) is 37.6 Å². The zero-order valence-electron chi connectivity index (χ0n) is 18.3. The van der Waals surface area contributed by atoms with Gasteiger partial charge in [0.25, 0.3) is 0 Å². The number of hydrogen-bond donors (Lipinski definition) is 0. The standard InChI is InChI=1S/C27H28N4S/c1-4-12-24-21(9-1)22-10-2-5-13-25(22)31(24)16-8-7-15-29-17-19-30(20-18-29)27-23-11-3-6-14-26(23)32-28-27/h1-6,9-14H,7-8,15-20H2. The number of piperazine rings is 1. The summed E-state index contributed by atoms with van der Waals surface area (Å²) in [5.74, 6) is 1.18. The van der Waals surface area contributed by atoms with Gasteiger partial charge in [-0.25, -0.2) is 0 Å². The minimum atomic E-state index is 1.07. The number of rotatable bonds is 6. The van der Waals surface area contributed by atoms with Crippen molar-refractivity contribution in [3.8, 4) is 0 Å². The van der Waals surface area contributed by atoms with Crippen LogP contribution in [0.1, 0.15) is 12.8 Å². The van der Waals surface area contributed by atoms with Crippen LogP contribution in [-0.2, 0) is 6.54 Å². The van der Waals surface area contributed by atoms with Crippen molar-refractivity contribution in [1.29, 1.82) is 0 Å². The minimum absolute atomic E-state index is 1.07. The molecule has 3 aromatic carbocycles. The molecule has 3 heterocycles. The maximum absolute atomic E-state index is 4.74. The van der Waals surface area contributed by atoms with Gasteiger partial charge in [0.1, 0.15) is 5.82 Å². The number of nitrogens with zero attached hydrogens (tertiary/aromatic N) is 4. The van der Waals surface area contributed by atoms with E-state index < -0.39 is 0 Å². The van der Waals surface area contributed by atoms with Gasteiger partial charge in [0.15, 0.2) is 0 Å². The van der Waals surface area contributed by atoms with Crippen LogP contribution in [-0.4, -0.2) is 46.6 Å². The van der Waals surface area contributed by atoms with Gasteiger partial charge >= 0.3 is 0 Å². The third-order valence-electron chi connectivity index (χ3n) is 6.82. The number of fused-ring (bicyclic) bond motifs is 4. The van der Waals surface area contributed by atoms with E-state index in [2.05, 4.69) is 87.2 Å². The van der Waals surface area contributed by atoms with Crippen LogP contribution in [0.2, 0.25) is 0 Å². The predicted octanol–water partition coefficient (Wildman–Crippen LogP) is 6.01. The number of hydrogen-bond acceptors (Lipinski definition) is 4. The molecule has 0 atom stereocenters. The van der Waals surface area contributed by atoms with E-state index in [9.17, 15) is 0 Å². The van der Waals surface area contributed by atoms with Crippen LogP contribution < -0.4 is 4.90 Å². The summed E-state index contributed by atoms with van der Waals surface area (Å²) in [6, 6.07) is 26.2. The molecule has 2 aromatic heterocycles. The highest BCUT2D eigenvalue weighted by Gasteiger charge is 2.20. The van der Waals surface area contributed by atoms with E-state index in [-0.39, 0.29) is 0 Å². The maximum atomic E-state index is 4.74. The van der Waals surface area contributed by atoms with Gasteiger partial charge in [-0.2, -0.15) is 4.37 Å². The Kier molecular flexibility index (Phi) is 5.29. The van der Waals surface area contributed by atoms with Crippen molar-refractivity contribution >= 4 is 49.2 Å².